The second-order valence-corrected chi connectivity index (χ2v) is 6.08. The summed E-state index contributed by atoms with van der Waals surface area (Å²) in [6.45, 7) is 6.35. The standard InChI is InChI=1S/C20H25N3O/c1-4-5-6-8-15-11-16(22-14(15)2)12-19-20(24-3)13-18(23-19)17-9-7-10-21-17/h7,9-13,21-23H,2,4-6,8H2,1,3H3/b16-12-. The van der Waals surface area contributed by atoms with E-state index in [-0.39, 0.29) is 0 Å². The molecule has 0 amide bonds. The first-order chi connectivity index (χ1) is 11.7. The van der Waals surface area contributed by atoms with Crippen molar-refractivity contribution in [2.75, 3.05) is 7.11 Å². The number of aromatic amines is 3. The van der Waals surface area contributed by atoms with Crippen LogP contribution in [-0.2, 0) is 6.42 Å². The van der Waals surface area contributed by atoms with Gasteiger partial charge in [-0.15, -0.1) is 0 Å². The third-order valence-electron chi connectivity index (χ3n) is 4.28. The molecule has 0 aliphatic rings. The number of hydrogen-bond acceptors (Lipinski definition) is 1. The molecule has 0 aliphatic carbocycles. The minimum absolute atomic E-state index is 0.826. The quantitative estimate of drug-likeness (QED) is 0.574. The van der Waals surface area contributed by atoms with Crippen molar-refractivity contribution in [2.24, 2.45) is 0 Å². The fourth-order valence-electron chi connectivity index (χ4n) is 2.96. The molecule has 24 heavy (non-hydrogen) atoms. The Morgan fingerprint density at radius 3 is 2.75 bits per heavy atom. The lowest BCUT2D eigenvalue weighted by Crippen LogP contribution is -2.09. The number of aromatic nitrogens is 3. The molecule has 0 aromatic carbocycles. The lowest BCUT2D eigenvalue weighted by molar-refractivity contribution is 0.414. The van der Waals surface area contributed by atoms with E-state index < -0.39 is 0 Å². The summed E-state index contributed by atoms with van der Waals surface area (Å²) in [4.78, 5) is 9.98. The molecule has 3 N–H and O–H groups in total. The lowest BCUT2D eigenvalue weighted by Gasteiger charge is -1.95. The monoisotopic (exact) mass is 323 g/mol. The number of unbranched alkanes of at least 4 members (excludes halogenated alkanes) is 2. The molecule has 0 saturated carbocycles. The van der Waals surface area contributed by atoms with Crippen molar-refractivity contribution in [2.45, 2.75) is 32.6 Å². The molecule has 0 aliphatic heterocycles. The average Bonchev–Trinajstić information content (AvgIpc) is 3.28. The highest BCUT2D eigenvalue weighted by Crippen LogP contribution is 2.26. The highest BCUT2D eigenvalue weighted by Gasteiger charge is 2.09. The summed E-state index contributed by atoms with van der Waals surface area (Å²) in [5.74, 6) is 0.826. The zero-order valence-electron chi connectivity index (χ0n) is 14.4. The largest absolute Gasteiger partial charge is 0.494 e. The first-order valence-electron chi connectivity index (χ1n) is 8.50. The Balaban J connectivity index is 1.91. The summed E-state index contributed by atoms with van der Waals surface area (Å²) in [7, 11) is 1.69. The van der Waals surface area contributed by atoms with Crippen LogP contribution >= 0.6 is 0 Å². The fourth-order valence-corrected chi connectivity index (χ4v) is 2.96. The maximum absolute atomic E-state index is 5.51. The van der Waals surface area contributed by atoms with Gasteiger partial charge in [0.25, 0.3) is 0 Å². The molecular weight excluding hydrogens is 298 g/mol. The van der Waals surface area contributed by atoms with Gasteiger partial charge in [-0.1, -0.05) is 26.3 Å². The van der Waals surface area contributed by atoms with Crippen LogP contribution in [0.5, 0.6) is 5.75 Å². The van der Waals surface area contributed by atoms with Crippen LogP contribution in [0, 0.1) is 0 Å². The Kier molecular flexibility index (Phi) is 4.94. The number of H-pyrrole nitrogens is 3. The van der Waals surface area contributed by atoms with Gasteiger partial charge >= 0.3 is 0 Å². The summed E-state index contributed by atoms with van der Waals surface area (Å²) < 4.78 is 5.51. The Labute approximate surface area is 142 Å². The van der Waals surface area contributed by atoms with Crippen LogP contribution < -0.4 is 15.4 Å². The van der Waals surface area contributed by atoms with E-state index in [0.717, 1.165) is 40.0 Å². The second kappa shape index (κ2) is 7.30. The van der Waals surface area contributed by atoms with Crippen LogP contribution in [0.4, 0.5) is 0 Å². The zero-order valence-corrected chi connectivity index (χ0v) is 14.4. The highest BCUT2D eigenvalue weighted by molar-refractivity contribution is 5.65. The zero-order chi connectivity index (χ0) is 16.9. The smallest absolute Gasteiger partial charge is 0.144 e. The predicted molar refractivity (Wildman–Crippen MR) is 99.5 cm³/mol. The van der Waals surface area contributed by atoms with Crippen molar-refractivity contribution in [1.82, 2.24) is 15.0 Å². The van der Waals surface area contributed by atoms with Gasteiger partial charge in [-0.2, -0.15) is 0 Å². The van der Waals surface area contributed by atoms with Crippen LogP contribution in [0.1, 0.15) is 37.4 Å². The van der Waals surface area contributed by atoms with Crippen LogP contribution in [-0.4, -0.2) is 22.1 Å². The number of nitrogens with one attached hydrogen (secondary N) is 3. The summed E-state index contributed by atoms with van der Waals surface area (Å²) in [5, 5.41) is 2.05. The third kappa shape index (κ3) is 3.48. The number of methoxy groups -OCH3 is 1. The molecular formula is C20H25N3O. The molecule has 3 heterocycles. The molecule has 3 rings (SSSR count). The Morgan fingerprint density at radius 1 is 1.17 bits per heavy atom. The number of rotatable bonds is 7. The first kappa shape index (κ1) is 16.2. The van der Waals surface area contributed by atoms with E-state index in [4.69, 9.17) is 4.74 Å². The van der Waals surface area contributed by atoms with E-state index in [1.807, 2.05) is 24.4 Å². The molecule has 0 radical (unpaired) electrons. The van der Waals surface area contributed by atoms with E-state index in [2.05, 4.69) is 40.6 Å². The van der Waals surface area contributed by atoms with Gasteiger partial charge in [-0.25, -0.2) is 0 Å². The van der Waals surface area contributed by atoms with Crippen molar-refractivity contribution in [1.29, 1.82) is 0 Å². The van der Waals surface area contributed by atoms with Gasteiger partial charge in [-0.05, 0) is 42.7 Å². The van der Waals surface area contributed by atoms with Crippen LogP contribution in [0.25, 0.3) is 24.0 Å². The molecule has 0 bridgehead atoms. The maximum Gasteiger partial charge on any atom is 0.144 e. The summed E-state index contributed by atoms with van der Waals surface area (Å²) in [6, 6.07) is 8.21. The summed E-state index contributed by atoms with van der Waals surface area (Å²) in [6.07, 6.45) is 8.76. The van der Waals surface area contributed by atoms with E-state index in [0.29, 0.717) is 0 Å². The number of ether oxygens (including phenoxy) is 1. The van der Waals surface area contributed by atoms with Gasteiger partial charge in [0.2, 0.25) is 0 Å². The summed E-state index contributed by atoms with van der Waals surface area (Å²) >= 11 is 0. The van der Waals surface area contributed by atoms with Gasteiger partial charge in [0.15, 0.2) is 0 Å². The molecule has 3 aromatic heterocycles. The van der Waals surface area contributed by atoms with Crippen LogP contribution in [0.3, 0.4) is 0 Å². The SMILES string of the molecule is C=c1[nH]/c(=C\c2[nH]c(-c3ccc[nH]3)cc2OC)cc1CCCCC. The van der Waals surface area contributed by atoms with Gasteiger partial charge in [-0.3, -0.25) is 0 Å². The number of aryl methyl sites for hydroxylation is 1. The minimum atomic E-state index is 0.826. The predicted octanol–water partition coefficient (Wildman–Crippen LogP) is 3.32. The van der Waals surface area contributed by atoms with Gasteiger partial charge in [0.05, 0.1) is 24.2 Å². The maximum atomic E-state index is 5.51. The van der Waals surface area contributed by atoms with Crippen molar-refractivity contribution in [3.63, 3.8) is 0 Å². The minimum Gasteiger partial charge on any atom is -0.494 e. The lowest BCUT2D eigenvalue weighted by atomic mass is 10.1. The van der Waals surface area contributed by atoms with Crippen molar-refractivity contribution >= 4 is 12.7 Å². The van der Waals surface area contributed by atoms with Gasteiger partial charge in [0.1, 0.15) is 5.75 Å². The molecule has 4 nitrogen and oxygen atoms in total. The van der Waals surface area contributed by atoms with E-state index in [9.17, 15) is 0 Å². The third-order valence-corrected chi connectivity index (χ3v) is 4.28. The van der Waals surface area contributed by atoms with Crippen LogP contribution in [0.2, 0.25) is 0 Å². The van der Waals surface area contributed by atoms with Crippen molar-refractivity contribution in [3.05, 3.63) is 52.4 Å². The van der Waals surface area contributed by atoms with E-state index >= 15 is 0 Å². The Hall–Kier alpha value is -2.62. The highest BCUT2D eigenvalue weighted by atomic mass is 16.5. The van der Waals surface area contributed by atoms with Gasteiger partial charge < -0.3 is 19.7 Å². The Bertz CT molecular complexity index is 884. The van der Waals surface area contributed by atoms with Crippen LogP contribution in [0.15, 0.2) is 30.5 Å². The molecule has 4 heteroatoms. The molecule has 0 unspecified atom stereocenters. The molecule has 0 spiro atoms. The summed E-state index contributed by atoms with van der Waals surface area (Å²) in [5.41, 5.74) is 4.29. The van der Waals surface area contributed by atoms with Crippen molar-refractivity contribution in [3.8, 4) is 17.1 Å². The molecule has 3 aromatic rings. The van der Waals surface area contributed by atoms with E-state index in [1.54, 1.807) is 7.11 Å². The normalized spacial score (nSPS) is 12.0. The first-order valence-corrected chi connectivity index (χ1v) is 8.50. The van der Waals surface area contributed by atoms with Crippen molar-refractivity contribution < 1.29 is 4.74 Å². The molecule has 126 valence electrons. The average molecular weight is 323 g/mol. The molecule has 0 saturated heterocycles. The molecule has 0 fully saturated rings. The topological polar surface area (TPSA) is 56.6 Å². The Morgan fingerprint density at radius 2 is 2.04 bits per heavy atom. The number of hydrogen-bond donors (Lipinski definition) is 3. The van der Waals surface area contributed by atoms with Gasteiger partial charge in [0, 0.05) is 23.0 Å². The second-order valence-electron chi connectivity index (χ2n) is 6.08. The fraction of sp³-hybridized carbons (Fsp3) is 0.300. The molecule has 0 atom stereocenters. The van der Waals surface area contributed by atoms with E-state index in [1.165, 1.54) is 24.8 Å².